The Hall–Kier alpha value is -1.82. The first-order chi connectivity index (χ1) is 13.9. The van der Waals surface area contributed by atoms with Gasteiger partial charge in [0.25, 0.3) is 0 Å². The highest BCUT2D eigenvalue weighted by Crippen LogP contribution is 2.28. The molecule has 3 rings (SSSR count). The zero-order chi connectivity index (χ0) is 21.0. The summed E-state index contributed by atoms with van der Waals surface area (Å²) in [6.07, 6.45) is -0.851. The fraction of sp³-hybridized carbons (Fsp3) is 0.500. The smallest absolute Gasteiger partial charge is 0.414 e. The van der Waals surface area contributed by atoms with Crippen LogP contribution in [0.1, 0.15) is 6.92 Å². The maximum Gasteiger partial charge on any atom is 0.414 e. The van der Waals surface area contributed by atoms with E-state index < -0.39 is 11.9 Å². The van der Waals surface area contributed by atoms with E-state index in [2.05, 4.69) is 5.32 Å². The molecule has 0 saturated carbocycles. The van der Waals surface area contributed by atoms with Crippen LogP contribution in [0, 0.1) is 5.82 Å². The lowest BCUT2D eigenvalue weighted by Crippen LogP contribution is -2.49. The molecule has 8 nitrogen and oxygen atoms in total. The molecule has 2 aliphatic rings. The maximum atomic E-state index is 14.8. The quantitative estimate of drug-likeness (QED) is 0.473. The summed E-state index contributed by atoms with van der Waals surface area (Å²) in [5.74, 6) is -0.174. The van der Waals surface area contributed by atoms with E-state index in [1.54, 1.807) is 24.0 Å². The highest BCUT2D eigenvalue weighted by molar-refractivity contribution is 7.97. The molecular weight excluding hydrogens is 453 g/mol. The number of carbonyl (C=O) groups excluding carboxylic acids is 2. The average Bonchev–Trinajstić information content (AvgIpc) is 3.07. The molecule has 0 radical (unpaired) electrons. The normalized spacial score (nSPS) is 18.7. The lowest BCUT2D eigenvalue weighted by atomic mass is 10.2. The van der Waals surface area contributed by atoms with Gasteiger partial charge in [0, 0.05) is 26.2 Å². The number of hydrogen-bond acceptors (Lipinski definition) is 7. The summed E-state index contributed by atoms with van der Waals surface area (Å²) in [6, 6.07) is 4.72. The fourth-order valence-electron chi connectivity index (χ4n) is 3.38. The molecule has 0 spiro atoms. The van der Waals surface area contributed by atoms with Gasteiger partial charge in [-0.05, 0) is 25.1 Å². The second-order valence-electron chi connectivity index (χ2n) is 6.87. The molecule has 3 N–H and O–H groups in total. The van der Waals surface area contributed by atoms with Crippen molar-refractivity contribution in [2.75, 3.05) is 54.8 Å². The molecule has 12 heteroatoms. The van der Waals surface area contributed by atoms with Crippen molar-refractivity contribution < 1.29 is 18.7 Å². The van der Waals surface area contributed by atoms with Crippen molar-refractivity contribution in [1.29, 1.82) is 0 Å². The van der Waals surface area contributed by atoms with Gasteiger partial charge in [0.1, 0.15) is 11.9 Å². The lowest BCUT2D eigenvalue weighted by Gasteiger charge is -2.36. The van der Waals surface area contributed by atoms with E-state index in [1.807, 2.05) is 4.90 Å². The van der Waals surface area contributed by atoms with Gasteiger partial charge in [-0.25, -0.2) is 9.18 Å². The number of halogens is 2. The van der Waals surface area contributed by atoms with Gasteiger partial charge < -0.3 is 19.9 Å². The van der Waals surface area contributed by atoms with Gasteiger partial charge in [-0.1, -0.05) is 24.2 Å². The van der Waals surface area contributed by atoms with Crippen LogP contribution in [-0.4, -0.2) is 73.0 Å². The summed E-state index contributed by atoms with van der Waals surface area (Å²) in [5, 5.41) is 8.33. The Labute approximate surface area is 190 Å². The number of carbonyl (C=O) groups is 2. The third-order valence-corrected chi connectivity index (χ3v) is 5.43. The van der Waals surface area contributed by atoms with E-state index in [-0.39, 0.29) is 30.2 Å². The standard InChI is InChI=1S/C18H24FN5O3S2.ClH/c1-12(28)21-9-14-10-24(18(26)27-14)13-2-3-16(15(19)8-13)22-4-6-23(7-5-22)17(25)11-29-20;/h2-3,8,14H,4-7,9-11,20H2,1H3,(H,21,28);1H. The van der Waals surface area contributed by atoms with Crippen LogP contribution < -0.4 is 20.3 Å². The Morgan fingerprint density at radius 2 is 2.07 bits per heavy atom. The number of hydrogen-bond donors (Lipinski definition) is 2. The van der Waals surface area contributed by atoms with Crippen LogP contribution in [0.5, 0.6) is 0 Å². The molecule has 2 heterocycles. The number of amides is 2. The van der Waals surface area contributed by atoms with E-state index in [4.69, 9.17) is 22.1 Å². The molecule has 0 aliphatic carbocycles. The summed E-state index contributed by atoms with van der Waals surface area (Å²) in [5.41, 5.74) is 0.905. The average molecular weight is 478 g/mol. The topological polar surface area (TPSA) is 91.1 Å². The molecule has 2 aliphatic heterocycles. The first kappa shape index (κ1) is 24.4. The van der Waals surface area contributed by atoms with E-state index in [9.17, 15) is 14.0 Å². The molecule has 1 unspecified atom stereocenters. The number of nitrogens with two attached hydrogens (primary N) is 1. The third kappa shape index (κ3) is 5.87. The Morgan fingerprint density at radius 3 is 2.67 bits per heavy atom. The first-order valence-electron chi connectivity index (χ1n) is 9.25. The van der Waals surface area contributed by atoms with Gasteiger partial charge in [0.05, 0.1) is 35.2 Å². The van der Waals surface area contributed by atoms with Crippen LogP contribution >= 0.6 is 36.6 Å². The van der Waals surface area contributed by atoms with Crippen LogP contribution in [-0.2, 0) is 9.53 Å². The predicted octanol–water partition coefficient (Wildman–Crippen LogP) is 1.77. The van der Waals surface area contributed by atoms with Crippen molar-refractivity contribution in [2.24, 2.45) is 5.14 Å². The van der Waals surface area contributed by atoms with Crippen molar-refractivity contribution in [3.8, 4) is 0 Å². The van der Waals surface area contributed by atoms with Gasteiger partial charge in [-0.3, -0.25) is 14.8 Å². The molecule has 0 aromatic heterocycles. The lowest BCUT2D eigenvalue weighted by molar-refractivity contribution is -0.128. The van der Waals surface area contributed by atoms with Crippen LogP contribution in [0.2, 0.25) is 0 Å². The number of anilines is 2. The van der Waals surface area contributed by atoms with Gasteiger partial charge in [-0.15, -0.1) is 12.4 Å². The molecule has 1 aromatic carbocycles. The van der Waals surface area contributed by atoms with Crippen LogP contribution in [0.15, 0.2) is 18.2 Å². The number of piperazine rings is 1. The number of nitrogens with zero attached hydrogens (tertiary/aromatic N) is 3. The summed E-state index contributed by atoms with van der Waals surface area (Å²) < 4.78 is 20.1. The Kier molecular flexibility index (Phi) is 8.95. The number of rotatable bonds is 6. The monoisotopic (exact) mass is 477 g/mol. The van der Waals surface area contributed by atoms with E-state index in [1.165, 1.54) is 11.0 Å². The summed E-state index contributed by atoms with van der Waals surface area (Å²) in [6.45, 7) is 4.61. The van der Waals surface area contributed by atoms with Crippen LogP contribution in [0.25, 0.3) is 0 Å². The number of benzene rings is 1. The highest BCUT2D eigenvalue weighted by Gasteiger charge is 2.33. The zero-order valence-corrected chi connectivity index (χ0v) is 19.0. The number of cyclic esters (lactones) is 1. The van der Waals surface area contributed by atoms with Gasteiger partial charge in [0.15, 0.2) is 0 Å². The molecule has 1 aromatic rings. The number of nitrogens with one attached hydrogen (secondary N) is 1. The Balaban J connectivity index is 0.00000320. The molecule has 166 valence electrons. The summed E-state index contributed by atoms with van der Waals surface area (Å²) >= 11 is 5.97. The summed E-state index contributed by atoms with van der Waals surface area (Å²) in [7, 11) is 0. The molecule has 2 amide bonds. The van der Waals surface area contributed by atoms with Crippen LogP contribution in [0.3, 0.4) is 0 Å². The van der Waals surface area contributed by atoms with Crippen molar-refractivity contribution in [1.82, 2.24) is 10.2 Å². The number of thiocarbonyl (C=S) groups is 1. The second-order valence-corrected chi connectivity index (χ2v) is 8.10. The van der Waals surface area contributed by atoms with Crippen molar-refractivity contribution in [2.45, 2.75) is 13.0 Å². The first-order valence-corrected chi connectivity index (χ1v) is 10.7. The van der Waals surface area contributed by atoms with Crippen molar-refractivity contribution in [3.05, 3.63) is 24.0 Å². The SMILES string of the molecule is CC(=S)NCC1CN(c2ccc(N3CCN(C(=O)CSN)CC3)c(F)c2)C(=O)O1.Cl. The molecule has 1 atom stereocenters. The Morgan fingerprint density at radius 1 is 1.37 bits per heavy atom. The van der Waals surface area contributed by atoms with Crippen molar-refractivity contribution in [3.63, 3.8) is 0 Å². The number of ether oxygens (including phenoxy) is 1. The fourth-order valence-corrected chi connectivity index (χ4v) is 3.78. The minimum absolute atomic E-state index is 0. The van der Waals surface area contributed by atoms with E-state index >= 15 is 0 Å². The molecule has 0 bridgehead atoms. The van der Waals surface area contributed by atoms with Gasteiger partial charge in [-0.2, -0.15) is 0 Å². The maximum absolute atomic E-state index is 14.8. The van der Waals surface area contributed by atoms with Crippen LogP contribution in [0.4, 0.5) is 20.6 Å². The molecule has 2 fully saturated rings. The summed E-state index contributed by atoms with van der Waals surface area (Å²) in [4.78, 5) is 29.7. The molecule has 30 heavy (non-hydrogen) atoms. The molecule has 2 saturated heterocycles. The van der Waals surface area contributed by atoms with Gasteiger partial charge in [0.2, 0.25) is 5.91 Å². The van der Waals surface area contributed by atoms with Crippen molar-refractivity contribution >= 4 is 64.9 Å². The minimum atomic E-state index is -0.504. The van der Waals surface area contributed by atoms with Gasteiger partial charge >= 0.3 is 6.09 Å². The Bertz CT molecular complexity index is 795. The predicted molar refractivity (Wildman–Crippen MR) is 123 cm³/mol. The minimum Gasteiger partial charge on any atom is -0.442 e. The second kappa shape index (κ2) is 11.0. The third-order valence-electron chi connectivity index (χ3n) is 4.88. The largest absolute Gasteiger partial charge is 0.442 e. The van der Waals surface area contributed by atoms with E-state index in [0.29, 0.717) is 55.6 Å². The zero-order valence-electron chi connectivity index (χ0n) is 16.5. The highest BCUT2D eigenvalue weighted by atomic mass is 35.5. The molecular formula is C18H25ClFN5O3S2. The van der Waals surface area contributed by atoms with E-state index in [0.717, 1.165) is 11.9 Å².